The summed E-state index contributed by atoms with van der Waals surface area (Å²) in [5, 5.41) is 11.6. The van der Waals surface area contributed by atoms with Crippen LogP contribution in [-0.2, 0) is 19.5 Å². The van der Waals surface area contributed by atoms with Gasteiger partial charge in [0.2, 0.25) is 0 Å². The van der Waals surface area contributed by atoms with Crippen LogP contribution in [0.1, 0.15) is 18.1 Å². The first kappa shape index (κ1) is 17.6. The lowest BCUT2D eigenvalue weighted by Gasteiger charge is -2.21. The molecule has 0 saturated carbocycles. The summed E-state index contributed by atoms with van der Waals surface area (Å²) in [6.45, 7) is 3.43. The lowest BCUT2D eigenvalue weighted by atomic mass is 10.1. The van der Waals surface area contributed by atoms with Gasteiger partial charge in [-0.15, -0.1) is 0 Å². The second-order valence-corrected chi connectivity index (χ2v) is 5.77. The second-order valence-electron chi connectivity index (χ2n) is 5.77. The molecule has 0 spiro atoms. The third kappa shape index (κ3) is 4.89. The fourth-order valence-electron chi connectivity index (χ4n) is 2.49. The highest BCUT2D eigenvalue weighted by molar-refractivity contribution is 5.69. The van der Waals surface area contributed by atoms with E-state index >= 15 is 0 Å². The summed E-state index contributed by atoms with van der Waals surface area (Å²) in [4.78, 5) is 15.6. The molecule has 0 atom stereocenters. The zero-order chi connectivity index (χ0) is 18.2. The molecule has 0 aliphatic carbocycles. The molecule has 134 valence electrons. The van der Waals surface area contributed by atoms with Crippen LogP contribution in [0.25, 0.3) is 0 Å². The molecule has 0 aliphatic heterocycles. The van der Waals surface area contributed by atoms with E-state index in [4.69, 9.17) is 4.74 Å². The number of tetrazole rings is 1. The largest absolute Gasteiger partial charge is 0.418 e. The zero-order valence-electron chi connectivity index (χ0n) is 14.7. The van der Waals surface area contributed by atoms with Crippen molar-refractivity contribution in [2.45, 2.75) is 26.4 Å². The normalized spacial score (nSPS) is 10.5. The molecule has 1 amide bonds. The Morgan fingerprint density at radius 1 is 1.04 bits per heavy atom. The molecule has 0 unspecified atom stereocenters. The fourth-order valence-corrected chi connectivity index (χ4v) is 2.49. The summed E-state index contributed by atoms with van der Waals surface area (Å²) in [5.41, 5.74) is 2.19. The lowest BCUT2D eigenvalue weighted by Crippen LogP contribution is -2.35. The van der Waals surface area contributed by atoms with Crippen molar-refractivity contribution >= 4 is 6.09 Å². The van der Waals surface area contributed by atoms with Gasteiger partial charge in [0.15, 0.2) is 0 Å². The highest BCUT2D eigenvalue weighted by Gasteiger charge is 2.18. The zero-order valence-corrected chi connectivity index (χ0v) is 14.7. The van der Waals surface area contributed by atoms with E-state index in [2.05, 4.69) is 15.4 Å². The van der Waals surface area contributed by atoms with Gasteiger partial charge in [-0.3, -0.25) is 0 Å². The molecule has 1 heterocycles. The number of carbonyl (C=O) groups excluding carboxylic acids is 1. The van der Waals surface area contributed by atoms with Crippen LogP contribution < -0.4 is 4.74 Å². The maximum absolute atomic E-state index is 12.6. The first-order valence-electron chi connectivity index (χ1n) is 8.57. The molecular formula is C19H21N5O2. The van der Waals surface area contributed by atoms with Gasteiger partial charge in [-0.05, 0) is 29.7 Å². The first-order valence-corrected chi connectivity index (χ1v) is 8.57. The Morgan fingerprint density at radius 3 is 2.31 bits per heavy atom. The van der Waals surface area contributed by atoms with E-state index in [1.54, 1.807) is 4.90 Å². The van der Waals surface area contributed by atoms with Crippen molar-refractivity contribution in [2.24, 2.45) is 0 Å². The van der Waals surface area contributed by atoms with Crippen molar-refractivity contribution < 1.29 is 9.53 Å². The van der Waals surface area contributed by atoms with Gasteiger partial charge in [0.25, 0.3) is 0 Å². The van der Waals surface area contributed by atoms with Crippen molar-refractivity contribution in [1.82, 2.24) is 25.1 Å². The number of amides is 1. The summed E-state index contributed by atoms with van der Waals surface area (Å²) in [5.74, 6) is 0. The standard InChI is InChI=1S/C19H21N5O2/c1-2-24-21-18(20-22-24)26-19(25)23(15-17-11-7-4-8-12-17)14-13-16-9-5-3-6-10-16/h3-12H,2,13-15H2,1H3. The quantitative estimate of drug-likeness (QED) is 0.654. The van der Waals surface area contributed by atoms with E-state index in [9.17, 15) is 4.79 Å². The average molecular weight is 351 g/mol. The summed E-state index contributed by atoms with van der Waals surface area (Å²) < 4.78 is 5.30. The Kier molecular flexibility index (Phi) is 5.92. The number of rotatable bonds is 7. The van der Waals surface area contributed by atoms with E-state index < -0.39 is 6.09 Å². The maximum Gasteiger partial charge on any atom is 0.418 e. The highest BCUT2D eigenvalue weighted by Crippen LogP contribution is 2.10. The van der Waals surface area contributed by atoms with Crippen molar-refractivity contribution in [1.29, 1.82) is 0 Å². The van der Waals surface area contributed by atoms with E-state index in [0.29, 0.717) is 19.6 Å². The smallest absolute Gasteiger partial charge is 0.372 e. The number of benzene rings is 2. The predicted octanol–water partition coefficient (Wildman–Crippen LogP) is 2.94. The Bertz CT molecular complexity index is 820. The van der Waals surface area contributed by atoms with Crippen LogP contribution in [0.2, 0.25) is 0 Å². The van der Waals surface area contributed by atoms with Gasteiger partial charge >= 0.3 is 12.1 Å². The first-order chi connectivity index (χ1) is 12.7. The third-order valence-electron chi connectivity index (χ3n) is 3.88. The average Bonchev–Trinajstić information content (AvgIpc) is 3.14. The third-order valence-corrected chi connectivity index (χ3v) is 3.88. The molecule has 3 aromatic rings. The molecule has 0 saturated heterocycles. The summed E-state index contributed by atoms with van der Waals surface area (Å²) >= 11 is 0. The number of ether oxygens (including phenoxy) is 1. The highest BCUT2D eigenvalue weighted by atomic mass is 16.6. The topological polar surface area (TPSA) is 73.1 Å². The predicted molar refractivity (Wildman–Crippen MR) is 96.5 cm³/mol. The molecule has 0 bridgehead atoms. The molecule has 0 aliphatic rings. The monoisotopic (exact) mass is 351 g/mol. The summed E-state index contributed by atoms with van der Waals surface area (Å²) in [6.07, 6.45) is 0.248. The molecule has 1 aromatic heterocycles. The molecule has 7 heteroatoms. The van der Waals surface area contributed by atoms with Gasteiger partial charge in [-0.2, -0.15) is 4.80 Å². The molecule has 26 heavy (non-hydrogen) atoms. The Hall–Kier alpha value is -3.22. The van der Waals surface area contributed by atoms with Crippen LogP contribution in [-0.4, -0.2) is 37.7 Å². The number of hydrogen-bond acceptors (Lipinski definition) is 5. The minimum atomic E-state index is -0.486. The van der Waals surface area contributed by atoms with Gasteiger partial charge in [-0.1, -0.05) is 70.9 Å². The van der Waals surface area contributed by atoms with Gasteiger partial charge in [0.1, 0.15) is 0 Å². The molecule has 3 rings (SSSR count). The Morgan fingerprint density at radius 2 is 1.69 bits per heavy atom. The van der Waals surface area contributed by atoms with Gasteiger partial charge in [0.05, 0.1) is 6.54 Å². The van der Waals surface area contributed by atoms with Gasteiger partial charge in [0, 0.05) is 13.1 Å². The molecule has 0 N–H and O–H groups in total. The van der Waals surface area contributed by atoms with Crippen molar-refractivity contribution in [3.8, 4) is 6.01 Å². The van der Waals surface area contributed by atoms with E-state index in [-0.39, 0.29) is 6.01 Å². The number of carbonyl (C=O) groups is 1. The molecule has 0 radical (unpaired) electrons. The number of aromatic nitrogens is 4. The van der Waals surface area contributed by atoms with E-state index in [0.717, 1.165) is 17.5 Å². The number of nitrogens with zero attached hydrogens (tertiary/aromatic N) is 5. The fraction of sp³-hybridized carbons (Fsp3) is 0.263. The summed E-state index contributed by atoms with van der Waals surface area (Å²) in [6, 6.07) is 19.8. The maximum atomic E-state index is 12.6. The number of hydrogen-bond donors (Lipinski definition) is 0. The Balaban J connectivity index is 1.69. The lowest BCUT2D eigenvalue weighted by molar-refractivity contribution is 0.146. The van der Waals surface area contributed by atoms with Crippen molar-refractivity contribution in [3.63, 3.8) is 0 Å². The van der Waals surface area contributed by atoms with Crippen molar-refractivity contribution in [3.05, 3.63) is 71.8 Å². The van der Waals surface area contributed by atoms with Gasteiger partial charge in [-0.25, -0.2) is 4.79 Å². The molecular weight excluding hydrogens is 330 g/mol. The SMILES string of the molecule is CCn1nnc(OC(=O)N(CCc2ccccc2)Cc2ccccc2)n1. The van der Waals surface area contributed by atoms with Crippen LogP contribution >= 0.6 is 0 Å². The second kappa shape index (κ2) is 8.75. The van der Waals surface area contributed by atoms with Gasteiger partial charge < -0.3 is 9.64 Å². The van der Waals surface area contributed by atoms with E-state index in [1.165, 1.54) is 4.80 Å². The van der Waals surface area contributed by atoms with Crippen LogP contribution in [0.4, 0.5) is 4.79 Å². The minimum absolute atomic E-state index is 0.0328. The van der Waals surface area contributed by atoms with Crippen molar-refractivity contribution in [2.75, 3.05) is 6.54 Å². The molecule has 2 aromatic carbocycles. The van der Waals surface area contributed by atoms with Crippen LogP contribution in [0, 0.1) is 0 Å². The van der Waals surface area contributed by atoms with Crippen LogP contribution in [0.5, 0.6) is 6.01 Å². The Labute approximate surface area is 152 Å². The van der Waals surface area contributed by atoms with Crippen LogP contribution in [0.3, 0.4) is 0 Å². The summed E-state index contributed by atoms with van der Waals surface area (Å²) in [7, 11) is 0. The van der Waals surface area contributed by atoms with Crippen LogP contribution in [0.15, 0.2) is 60.7 Å². The number of aryl methyl sites for hydroxylation is 1. The molecule has 7 nitrogen and oxygen atoms in total. The van der Waals surface area contributed by atoms with E-state index in [1.807, 2.05) is 67.6 Å². The molecule has 0 fully saturated rings. The minimum Gasteiger partial charge on any atom is -0.372 e.